The van der Waals surface area contributed by atoms with Crippen molar-refractivity contribution in [3.8, 4) is 0 Å². The van der Waals surface area contributed by atoms with Crippen LogP contribution >= 0.6 is 0 Å². The van der Waals surface area contributed by atoms with Crippen LogP contribution in [0.4, 0.5) is 8.78 Å². The van der Waals surface area contributed by atoms with E-state index in [-0.39, 0.29) is 19.6 Å². The number of likely N-dealkylation sites (tertiary alicyclic amines) is 1. The van der Waals surface area contributed by atoms with Gasteiger partial charge in [-0.1, -0.05) is 6.92 Å². The van der Waals surface area contributed by atoms with Crippen molar-refractivity contribution in [1.82, 2.24) is 10.2 Å². The van der Waals surface area contributed by atoms with Crippen LogP contribution in [0.2, 0.25) is 0 Å². The van der Waals surface area contributed by atoms with Crippen molar-refractivity contribution >= 4 is 5.91 Å². The molecule has 1 aliphatic heterocycles. The minimum Gasteiger partial charge on any atom is -0.395 e. The number of carbonyl (C=O) groups excluding carboxylic acids is 1. The van der Waals surface area contributed by atoms with E-state index in [1.165, 1.54) is 13.8 Å². The fraction of sp³-hybridized carbons (Fsp3) is 0.917. The molecule has 1 saturated heterocycles. The number of hydrogen-bond donors (Lipinski definition) is 2. The number of amides is 1. The molecule has 0 radical (unpaired) electrons. The molecule has 0 saturated carbocycles. The quantitative estimate of drug-likeness (QED) is 0.791. The number of alkyl halides is 2. The molecule has 0 unspecified atom stereocenters. The molecule has 0 aromatic rings. The Morgan fingerprint density at radius 1 is 1.56 bits per heavy atom. The van der Waals surface area contributed by atoms with Crippen molar-refractivity contribution in [3.63, 3.8) is 0 Å². The first kappa shape index (κ1) is 15.3. The van der Waals surface area contributed by atoms with E-state index in [9.17, 15) is 13.6 Å². The summed E-state index contributed by atoms with van der Waals surface area (Å²) in [5, 5.41) is 11.4. The van der Waals surface area contributed by atoms with E-state index >= 15 is 0 Å². The van der Waals surface area contributed by atoms with Crippen LogP contribution in [-0.4, -0.2) is 54.1 Å². The molecule has 106 valence electrons. The maximum Gasteiger partial charge on any atom is 0.280 e. The van der Waals surface area contributed by atoms with Gasteiger partial charge in [0.05, 0.1) is 24.6 Å². The van der Waals surface area contributed by atoms with Crippen molar-refractivity contribution in [1.29, 1.82) is 0 Å². The van der Waals surface area contributed by atoms with E-state index < -0.39 is 23.3 Å². The van der Waals surface area contributed by atoms with E-state index in [0.29, 0.717) is 13.1 Å². The van der Waals surface area contributed by atoms with Crippen LogP contribution in [0, 0.1) is 5.41 Å². The molecule has 2 N–H and O–H groups in total. The zero-order valence-corrected chi connectivity index (χ0v) is 11.2. The fourth-order valence-corrected chi connectivity index (χ4v) is 1.88. The lowest BCUT2D eigenvalue weighted by molar-refractivity contribution is -0.140. The Hall–Kier alpha value is -0.750. The normalized spacial score (nSPS) is 24.9. The average molecular weight is 264 g/mol. The molecule has 0 bridgehead atoms. The number of nitrogens with one attached hydrogen (secondary N) is 1. The molecule has 1 atom stereocenters. The van der Waals surface area contributed by atoms with Crippen LogP contribution in [-0.2, 0) is 4.79 Å². The van der Waals surface area contributed by atoms with Crippen molar-refractivity contribution in [2.45, 2.75) is 39.2 Å². The summed E-state index contributed by atoms with van der Waals surface area (Å²) >= 11 is 0. The van der Waals surface area contributed by atoms with Crippen LogP contribution in [0.3, 0.4) is 0 Å². The second-order valence-corrected chi connectivity index (χ2v) is 5.49. The highest BCUT2D eigenvalue weighted by Gasteiger charge is 2.46. The molecule has 1 aliphatic rings. The zero-order valence-electron chi connectivity index (χ0n) is 11.2. The predicted molar refractivity (Wildman–Crippen MR) is 64.5 cm³/mol. The molecule has 4 nitrogen and oxygen atoms in total. The minimum absolute atomic E-state index is 0.230. The van der Waals surface area contributed by atoms with Crippen LogP contribution in [0.5, 0.6) is 0 Å². The standard InChI is InChI=1S/C12H22F2N2O2/c1-4-16-6-5-9(12(13,14)7-16)15-10(18)11(2,3)8-17/h9,17H,4-8H2,1-3H3,(H,15,18)/t9-/m0/s1. The topological polar surface area (TPSA) is 52.6 Å². The van der Waals surface area contributed by atoms with Gasteiger partial charge in [-0.3, -0.25) is 9.69 Å². The van der Waals surface area contributed by atoms with Gasteiger partial charge in [-0.25, -0.2) is 8.78 Å². The monoisotopic (exact) mass is 264 g/mol. The first-order valence-corrected chi connectivity index (χ1v) is 6.25. The molecule has 1 rings (SSSR count). The van der Waals surface area contributed by atoms with Crippen molar-refractivity contribution in [3.05, 3.63) is 0 Å². The third-order valence-corrected chi connectivity index (χ3v) is 3.44. The molecule has 0 aromatic carbocycles. The summed E-state index contributed by atoms with van der Waals surface area (Å²) in [6, 6.07) is -1.14. The van der Waals surface area contributed by atoms with Gasteiger partial charge in [-0.2, -0.15) is 0 Å². The van der Waals surface area contributed by atoms with Crippen LogP contribution in [0.25, 0.3) is 0 Å². The molecular weight excluding hydrogens is 242 g/mol. The van der Waals surface area contributed by atoms with E-state index in [1.54, 1.807) is 4.90 Å². The summed E-state index contributed by atoms with van der Waals surface area (Å²) in [6.45, 7) is 5.34. The lowest BCUT2D eigenvalue weighted by atomic mass is 9.92. The Kier molecular flexibility index (Phi) is 4.66. The molecule has 6 heteroatoms. The minimum atomic E-state index is -2.92. The lowest BCUT2D eigenvalue weighted by Crippen LogP contribution is -2.60. The van der Waals surface area contributed by atoms with Crippen molar-refractivity contribution in [2.24, 2.45) is 5.41 Å². The van der Waals surface area contributed by atoms with Gasteiger partial charge in [0.25, 0.3) is 5.92 Å². The number of rotatable bonds is 4. The second-order valence-electron chi connectivity index (χ2n) is 5.49. The second kappa shape index (κ2) is 5.48. The Bertz CT molecular complexity index is 308. The van der Waals surface area contributed by atoms with Crippen LogP contribution in [0.1, 0.15) is 27.2 Å². The van der Waals surface area contributed by atoms with Crippen LogP contribution < -0.4 is 5.32 Å². The Morgan fingerprint density at radius 3 is 2.61 bits per heavy atom. The van der Waals surface area contributed by atoms with Gasteiger partial charge in [0, 0.05) is 6.54 Å². The fourth-order valence-electron chi connectivity index (χ4n) is 1.88. The van der Waals surface area contributed by atoms with Crippen molar-refractivity contribution in [2.75, 3.05) is 26.2 Å². The van der Waals surface area contributed by atoms with Gasteiger partial charge in [-0.05, 0) is 26.8 Å². The summed E-state index contributed by atoms with van der Waals surface area (Å²) in [5.41, 5.74) is -1.03. The van der Waals surface area contributed by atoms with E-state index in [2.05, 4.69) is 5.32 Å². The highest BCUT2D eigenvalue weighted by atomic mass is 19.3. The highest BCUT2D eigenvalue weighted by Crippen LogP contribution is 2.28. The first-order valence-electron chi connectivity index (χ1n) is 6.25. The Balaban J connectivity index is 2.65. The van der Waals surface area contributed by atoms with E-state index in [1.807, 2.05) is 6.92 Å². The number of piperidine rings is 1. The number of hydrogen-bond acceptors (Lipinski definition) is 3. The largest absolute Gasteiger partial charge is 0.395 e. The lowest BCUT2D eigenvalue weighted by Gasteiger charge is -2.39. The summed E-state index contributed by atoms with van der Waals surface area (Å²) in [6.07, 6.45) is 0.230. The third kappa shape index (κ3) is 3.38. The Morgan fingerprint density at radius 2 is 2.17 bits per heavy atom. The average Bonchev–Trinajstić information content (AvgIpc) is 2.30. The maximum absolute atomic E-state index is 13.8. The molecule has 1 fully saturated rings. The SMILES string of the molecule is CCN1CC[C@H](NC(=O)C(C)(C)CO)C(F)(F)C1. The molecule has 0 spiro atoms. The summed E-state index contributed by atoms with van der Waals surface area (Å²) in [4.78, 5) is 13.5. The van der Waals surface area contributed by atoms with Gasteiger partial charge in [0.1, 0.15) is 0 Å². The van der Waals surface area contributed by atoms with Gasteiger partial charge >= 0.3 is 0 Å². The summed E-state index contributed by atoms with van der Waals surface area (Å²) in [5.74, 6) is -3.45. The predicted octanol–water partition coefficient (Wildman–Crippen LogP) is 0.851. The molecule has 18 heavy (non-hydrogen) atoms. The highest BCUT2D eigenvalue weighted by molar-refractivity contribution is 5.82. The molecule has 0 aliphatic carbocycles. The molecule has 0 aromatic heterocycles. The van der Waals surface area contributed by atoms with Crippen molar-refractivity contribution < 1.29 is 18.7 Å². The maximum atomic E-state index is 13.8. The number of aliphatic hydroxyl groups excluding tert-OH is 1. The smallest absolute Gasteiger partial charge is 0.280 e. The zero-order chi connectivity index (χ0) is 14.0. The first-order chi connectivity index (χ1) is 8.23. The summed E-state index contributed by atoms with van der Waals surface area (Å²) < 4.78 is 27.7. The number of nitrogens with zero attached hydrogens (tertiary/aromatic N) is 1. The van der Waals surface area contributed by atoms with Crippen LogP contribution in [0.15, 0.2) is 0 Å². The molecular formula is C12H22F2N2O2. The van der Waals surface area contributed by atoms with Gasteiger partial charge in [0.2, 0.25) is 5.91 Å². The number of halogens is 2. The molecule has 1 heterocycles. The Labute approximate surface area is 106 Å². The molecule has 1 amide bonds. The summed E-state index contributed by atoms with van der Waals surface area (Å²) in [7, 11) is 0. The van der Waals surface area contributed by atoms with Gasteiger partial charge in [0.15, 0.2) is 0 Å². The number of aliphatic hydroxyl groups is 1. The van der Waals surface area contributed by atoms with Gasteiger partial charge < -0.3 is 10.4 Å². The number of carbonyl (C=O) groups is 1. The van der Waals surface area contributed by atoms with E-state index in [0.717, 1.165) is 0 Å². The van der Waals surface area contributed by atoms with E-state index in [4.69, 9.17) is 5.11 Å². The third-order valence-electron chi connectivity index (χ3n) is 3.44. The van der Waals surface area contributed by atoms with Gasteiger partial charge in [-0.15, -0.1) is 0 Å².